The highest BCUT2D eigenvalue weighted by Crippen LogP contribution is 2.33. The fraction of sp³-hybridized carbons (Fsp3) is 0.750. The standard InChI is InChI=1S/C12H20ClN3/c1-2-16-12(10(13)8-15-16)11(14)7-9-5-3-4-6-9/h8-9,11H,2-7,14H2,1H3. The topological polar surface area (TPSA) is 43.8 Å². The van der Waals surface area contributed by atoms with E-state index in [1.807, 2.05) is 4.68 Å². The van der Waals surface area contributed by atoms with Gasteiger partial charge in [0.25, 0.3) is 0 Å². The fourth-order valence-electron chi connectivity index (χ4n) is 2.71. The minimum absolute atomic E-state index is 0.0399. The summed E-state index contributed by atoms with van der Waals surface area (Å²) in [6, 6.07) is 0.0399. The number of hydrogen-bond acceptors (Lipinski definition) is 2. The third kappa shape index (κ3) is 2.41. The highest BCUT2D eigenvalue weighted by atomic mass is 35.5. The molecular formula is C12H20ClN3. The van der Waals surface area contributed by atoms with Gasteiger partial charge in [-0.2, -0.15) is 5.10 Å². The van der Waals surface area contributed by atoms with Crippen molar-refractivity contribution in [3.8, 4) is 0 Å². The minimum atomic E-state index is 0.0399. The van der Waals surface area contributed by atoms with E-state index in [1.54, 1.807) is 6.20 Å². The summed E-state index contributed by atoms with van der Waals surface area (Å²) in [4.78, 5) is 0. The molecule has 1 aliphatic carbocycles. The molecule has 2 rings (SSSR count). The van der Waals surface area contributed by atoms with Crippen molar-refractivity contribution in [2.24, 2.45) is 11.7 Å². The van der Waals surface area contributed by atoms with Crippen molar-refractivity contribution in [1.29, 1.82) is 0 Å². The molecule has 0 amide bonds. The number of aryl methyl sites for hydroxylation is 1. The Balaban J connectivity index is 2.06. The minimum Gasteiger partial charge on any atom is -0.323 e. The van der Waals surface area contributed by atoms with Crippen molar-refractivity contribution >= 4 is 11.6 Å². The summed E-state index contributed by atoms with van der Waals surface area (Å²) in [7, 11) is 0. The van der Waals surface area contributed by atoms with E-state index in [9.17, 15) is 0 Å². The molecule has 0 aromatic carbocycles. The average molecular weight is 242 g/mol. The van der Waals surface area contributed by atoms with Gasteiger partial charge in [-0.15, -0.1) is 0 Å². The van der Waals surface area contributed by atoms with E-state index >= 15 is 0 Å². The molecule has 1 atom stereocenters. The van der Waals surface area contributed by atoms with Gasteiger partial charge >= 0.3 is 0 Å². The van der Waals surface area contributed by atoms with Crippen LogP contribution >= 0.6 is 11.6 Å². The Morgan fingerprint density at radius 2 is 2.25 bits per heavy atom. The van der Waals surface area contributed by atoms with Crippen LogP contribution in [0.25, 0.3) is 0 Å². The van der Waals surface area contributed by atoms with Gasteiger partial charge in [-0.3, -0.25) is 4.68 Å². The molecule has 1 fully saturated rings. The molecule has 1 aromatic heterocycles. The Labute approximate surface area is 102 Å². The summed E-state index contributed by atoms with van der Waals surface area (Å²) in [5.74, 6) is 0.784. The number of rotatable bonds is 4. The molecule has 0 saturated heterocycles. The summed E-state index contributed by atoms with van der Waals surface area (Å²) in [5, 5.41) is 4.95. The van der Waals surface area contributed by atoms with Crippen LogP contribution in [-0.4, -0.2) is 9.78 Å². The largest absolute Gasteiger partial charge is 0.323 e. The third-order valence-corrected chi connectivity index (χ3v) is 3.84. The summed E-state index contributed by atoms with van der Waals surface area (Å²) >= 11 is 6.14. The summed E-state index contributed by atoms with van der Waals surface area (Å²) in [6.45, 7) is 2.90. The van der Waals surface area contributed by atoms with E-state index in [0.717, 1.165) is 24.6 Å². The molecule has 1 aromatic rings. The second kappa shape index (κ2) is 5.19. The molecule has 1 unspecified atom stereocenters. The lowest BCUT2D eigenvalue weighted by molar-refractivity contribution is 0.430. The molecule has 1 aliphatic rings. The van der Waals surface area contributed by atoms with Gasteiger partial charge in [0.1, 0.15) is 0 Å². The van der Waals surface area contributed by atoms with Gasteiger partial charge in [0.2, 0.25) is 0 Å². The predicted molar refractivity (Wildman–Crippen MR) is 66.4 cm³/mol. The first-order valence-electron chi connectivity index (χ1n) is 6.19. The predicted octanol–water partition coefficient (Wildman–Crippen LogP) is 3.14. The summed E-state index contributed by atoms with van der Waals surface area (Å²) in [6.07, 6.45) is 8.12. The van der Waals surface area contributed by atoms with Crippen LogP contribution in [0.1, 0.15) is 50.8 Å². The molecule has 90 valence electrons. The van der Waals surface area contributed by atoms with Gasteiger partial charge in [-0.25, -0.2) is 0 Å². The van der Waals surface area contributed by atoms with Crippen LogP contribution in [0.3, 0.4) is 0 Å². The SMILES string of the molecule is CCn1ncc(Cl)c1C(N)CC1CCCC1. The molecule has 0 radical (unpaired) electrons. The first kappa shape index (κ1) is 11.9. The number of aromatic nitrogens is 2. The van der Waals surface area contributed by atoms with Crippen molar-refractivity contribution in [2.75, 3.05) is 0 Å². The zero-order valence-corrected chi connectivity index (χ0v) is 10.6. The highest BCUT2D eigenvalue weighted by Gasteiger charge is 2.22. The van der Waals surface area contributed by atoms with Crippen LogP contribution in [0.5, 0.6) is 0 Å². The van der Waals surface area contributed by atoms with Crippen LogP contribution in [0.15, 0.2) is 6.20 Å². The molecule has 16 heavy (non-hydrogen) atoms. The van der Waals surface area contributed by atoms with Crippen molar-refractivity contribution in [3.63, 3.8) is 0 Å². The molecule has 3 nitrogen and oxygen atoms in total. The van der Waals surface area contributed by atoms with Crippen molar-refractivity contribution < 1.29 is 0 Å². The van der Waals surface area contributed by atoms with E-state index < -0.39 is 0 Å². The second-order valence-corrected chi connectivity index (χ2v) is 5.09. The lowest BCUT2D eigenvalue weighted by Gasteiger charge is -2.17. The maximum Gasteiger partial charge on any atom is 0.0834 e. The summed E-state index contributed by atoms with van der Waals surface area (Å²) < 4.78 is 1.92. The Morgan fingerprint density at radius 3 is 2.88 bits per heavy atom. The van der Waals surface area contributed by atoms with Gasteiger partial charge in [0.15, 0.2) is 0 Å². The Kier molecular flexibility index (Phi) is 3.87. The van der Waals surface area contributed by atoms with Crippen molar-refractivity contribution in [2.45, 2.75) is 51.6 Å². The van der Waals surface area contributed by atoms with Crippen molar-refractivity contribution in [3.05, 3.63) is 16.9 Å². The van der Waals surface area contributed by atoms with E-state index in [4.69, 9.17) is 17.3 Å². The lowest BCUT2D eigenvalue weighted by atomic mass is 9.97. The van der Waals surface area contributed by atoms with Crippen molar-refractivity contribution in [1.82, 2.24) is 9.78 Å². The average Bonchev–Trinajstić information content (AvgIpc) is 2.87. The van der Waals surface area contributed by atoms with E-state index in [-0.39, 0.29) is 6.04 Å². The van der Waals surface area contributed by atoms with E-state index in [2.05, 4.69) is 12.0 Å². The number of halogens is 1. The van der Waals surface area contributed by atoms with Crippen LogP contribution in [0.2, 0.25) is 5.02 Å². The van der Waals surface area contributed by atoms with Gasteiger partial charge in [-0.05, 0) is 19.3 Å². The first-order valence-corrected chi connectivity index (χ1v) is 6.57. The molecule has 0 aliphatic heterocycles. The monoisotopic (exact) mass is 241 g/mol. The number of nitrogens with two attached hydrogens (primary N) is 1. The lowest BCUT2D eigenvalue weighted by Crippen LogP contribution is -2.19. The van der Waals surface area contributed by atoms with Gasteiger partial charge in [0.05, 0.1) is 16.9 Å². The fourth-order valence-corrected chi connectivity index (χ4v) is 2.99. The van der Waals surface area contributed by atoms with Crippen LogP contribution in [0, 0.1) is 5.92 Å². The Hall–Kier alpha value is -0.540. The Morgan fingerprint density at radius 1 is 1.56 bits per heavy atom. The molecule has 4 heteroatoms. The Bertz CT molecular complexity index is 342. The number of nitrogens with zero attached hydrogens (tertiary/aromatic N) is 2. The quantitative estimate of drug-likeness (QED) is 0.880. The molecular weight excluding hydrogens is 222 g/mol. The molecule has 2 N–H and O–H groups in total. The first-order chi connectivity index (χ1) is 7.72. The van der Waals surface area contributed by atoms with Gasteiger partial charge in [0, 0.05) is 12.6 Å². The molecule has 0 spiro atoms. The normalized spacial score (nSPS) is 19.2. The zero-order valence-electron chi connectivity index (χ0n) is 9.82. The van der Waals surface area contributed by atoms with Crippen LogP contribution in [0.4, 0.5) is 0 Å². The highest BCUT2D eigenvalue weighted by molar-refractivity contribution is 6.31. The van der Waals surface area contributed by atoms with E-state index in [1.165, 1.54) is 25.7 Å². The van der Waals surface area contributed by atoms with Gasteiger partial charge < -0.3 is 5.73 Å². The second-order valence-electron chi connectivity index (χ2n) is 4.69. The molecule has 1 heterocycles. The van der Waals surface area contributed by atoms with E-state index in [0.29, 0.717) is 5.02 Å². The zero-order chi connectivity index (χ0) is 11.5. The summed E-state index contributed by atoms with van der Waals surface area (Å²) in [5.41, 5.74) is 7.26. The molecule has 0 bridgehead atoms. The number of hydrogen-bond donors (Lipinski definition) is 1. The molecule has 1 saturated carbocycles. The maximum absolute atomic E-state index is 6.25. The third-order valence-electron chi connectivity index (χ3n) is 3.55. The van der Waals surface area contributed by atoms with Gasteiger partial charge in [-0.1, -0.05) is 37.3 Å². The van der Waals surface area contributed by atoms with Crippen LogP contribution < -0.4 is 5.73 Å². The maximum atomic E-state index is 6.25. The smallest absolute Gasteiger partial charge is 0.0834 e. The van der Waals surface area contributed by atoms with Crippen LogP contribution in [-0.2, 0) is 6.54 Å².